The van der Waals surface area contributed by atoms with Gasteiger partial charge in [0.2, 0.25) is 11.8 Å². The van der Waals surface area contributed by atoms with E-state index in [-0.39, 0.29) is 18.4 Å². The normalized spacial score (nSPS) is 27.5. The van der Waals surface area contributed by atoms with Crippen LogP contribution < -0.4 is 0 Å². The number of rotatable bonds is 3. The van der Waals surface area contributed by atoms with Crippen LogP contribution in [0.4, 0.5) is 0 Å². The molecule has 3 fully saturated rings. The lowest BCUT2D eigenvalue weighted by Gasteiger charge is -2.33. The Bertz CT molecular complexity index is 473. The highest BCUT2D eigenvalue weighted by atomic mass is 16.4. The second-order valence-electron chi connectivity index (χ2n) is 7.10. The highest BCUT2D eigenvalue weighted by molar-refractivity contribution is 6.06. The maximum Gasteiger partial charge on any atom is 0.311 e. The van der Waals surface area contributed by atoms with Gasteiger partial charge < -0.3 is 5.11 Å². The number of imide groups is 1. The van der Waals surface area contributed by atoms with Gasteiger partial charge in [0.05, 0.1) is 10.8 Å². The first-order chi connectivity index (χ1) is 9.99. The molecule has 0 radical (unpaired) electrons. The molecular formula is C16H23NO4. The number of hydrogen-bond donors (Lipinski definition) is 1. The maximum atomic E-state index is 12.8. The zero-order valence-corrected chi connectivity index (χ0v) is 12.4. The molecule has 1 N–H and O–H groups in total. The first-order valence-electron chi connectivity index (χ1n) is 8.07. The van der Waals surface area contributed by atoms with Crippen molar-refractivity contribution in [3.63, 3.8) is 0 Å². The summed E-state index contributed by atoms with van der Waals surface area (Å²) < 4.78 is 0. The van der Waals surface area contributed by atoms with Crippen LogP contribution in [0.3, 0.4) is 0 Å². The van der Waals surface area contributed by atoms with Crippen LogP contribution in [0, 0.1) is 10.8 Å². The topological polar surface area (TPSA) is 74.7 Å². The molecule has 3 aliphatic rings. The van der Waals surface area contributed by atoms with Crippen molar-refractivity contribution in [1.82, 2.24) is 4.90 Å². The van der Waals surface area contributed by atoms with Crippen molar-refractivity contribution in [2.24, 2.45) is 10.8 Å². The third kappa shape index (κ3) is 2.27. The number of carbonyl (C=O) groups excluding carboxylic acids is 2. The van der Waals surface area contributed by atoms with Crippen LogP contribution in [-0.2, 0) is 14.4 Å². The van der Waals surface area contributed by atoms with Gasteiger partial charge in [-0.05, 0) is 25.7 Å². The summed E-state index contributed by atoms with van der Waals surface area (Å²) in [5.41, 5.74) is -1.40. The van der Waals surface area contributed by atoms with Crippen LogP contribution in [-0.4, -0.2) is 34.3 Å². The predicted molar refractivity (Wildman–Crippen MR) is 75.4 cm³/mol. The van der Waals surface area contributed by atoms with Crippen molar-refractivity contribution in [3.8, 4) is 0 Å². The molecule has 3 rings (SSSR count). The number of hydrogen-bond acceptors (Lipinski definition) is 3. The van der Waals surface area contributed by atoms with E-state index < -0.39 is 16.8 Å². The minimum atomic E-state index is -0.897. The second kappa shape index (κ2) is 5.11. The predicted octanol–water partition coefficient (Wildman–Crippen LogP) is 2.34. The van der Waals surface area contributed by atoms with Gasteiger partial charge in [-0.15, -0.1) is 0 Å². The molecule has 1 aliphatic heterocycles. The Hall–Kier alpha value is -1.39. The summed E-state index contributed by atoms with van der Waals surface area (Å²) in [4.78, 5) is 38.0. The van der Waals surface area contributed by atoms with Gasteiger partial charge in [-0.1, -0.05) is 32.1 Å². The number of carboxylic acids is 1. The van der Waals surface area contributed by atoms with E-state index in [0.717, 1.165) is 44.9 Å². The molecule has 2 saturated carbocycles. The van der Waals surface area contributed by atoms with E-state index in [4.69, 9.17) is 0 Å². The summed E-state index contributed by atoms with van der Waals surface area (Å²) >= 11 is 0. The number of carbonyl (C=O) groups is 3. The monoisotopic (exact) mass is 293 g/mol. The zero-order chi connectivity index (χ0) is 15.1. The van der Waals surface area contributed by atoms with Crippen LogP contribution >= 0.6 is 0 Å². The number of likely N-dealkylation sites (tertiary alicyclic amines) is 1. The van der Waals surface area contributed by atoms with Crippen molar-refractivity contribution >= 4 is 17.8 Å². The molecule has 0 aromatic heterocycles. The number of amides is 2. The van der Waals surface area contributed by atoms with Crippen molar-refractivity contribution in [1.29, 1.82) is 0 Å². The lowest BCUT2D eigenvalue weighted by atomic mass is 9.73. The van der Waals surface area contributed by atoms with E-state index in [1.54, 1.807) is 0 Å². The molecule has 116 valence electrons. The van der Waals surface area contributed by atoms with Gasteiger partial charge in [-0.3, -0.25) is 19.3 Å². The Morgan fingerprint density at radius 2 is 1.57 bits per heavy atom. The highest BCUT2D eigenvalue weighted by Crippen LogP contribution is 2.47. The Balaban J connectivity index is 1.81. The molecule has 5 nitrogen and oxygen atoms in total. The maximum absolute atomic E-state index is 12.8. The van der Waals surface area contributed by atoms with Gasteiger partial charge in [0.15, 0.2) is 0 Å². The van der Waals surface area contributed by atoms with Gasteiger partial charge in [0.1, 0.15) is 0 Å². The quantitative estimate of drug-likeness (QED) is 0.810. The Kier molecular flexibility index (Phi) is 3.54. The molecule has 0 unspecified atom stereocenters. The fraction of sp³-hybridized carbons (Fsp3) is 0.812. The first kappa shape index (κ1) is 14.5. The Morgan fingerprint density at radius 3 is 2.14 bits per heavy atom. The van der Waals surface area contributed by atoms with Crippen LogP contribution in [0.2, 0.25) is 0 Å². The molecule has 0 atom stereocenters. The van der Waals surface area contributed by atoms with E-state index in [2.05, 4.69) is 0 Å². The summed E-state index contributed by atoms with van der Waals surface area (Å²) in [6.45, 7) is 0.0851. The SMILES string of the molecule is O=C1CC2(CCCCC2)C(=O)N1CC1(C(=O)O)CCCC1. The van der Waals surface area contributed by atoms with E-state index in [9.17, 15) is 19.5 Å². The van der Waals surface area contributed by atoms with Gasteiger partial charge >= 0.3 is 5.97 Å². The van der Waals surface area contributed by atoms with E-state index in [0.29, 0.717) is 19.3 Å². The van der Waals surface area contributed by atoms with Crippen molar-refractivity contribution in [2.45, 2.75) is 64.2 Å². The van der Waals surface area contributed by atoms with Crippen LogP contribution in [0.5, 0.6) is 0 Å². The van der Waals surface area contributed by atoms with E-state index in [1.807, 2.05) is 0 Å². The average Bonchev–Trinajstić information content (AvgIpc) is 3.01. The fourth-order valence-electron chi connectivity index (χ4n) is 4.43. The van der Waals surface area contributed by atoms with Crippen LogP contribution in [0.25, 0.3) is 0 Å². The molecule has 0 aromatic rings. The summed E-state index contributed by atoms with van der Waals surface area (Å²) in [6.07, 6.45) is 7.88. The number of carboxylic acid groups (broad SMARTS) is 1. The van der Waals surface area contributed by atoms with Gasteiger partial charge in [0.25, 0.3) is 0 Å². The number of aliphatic carboxylic acids is 1. The van der Waals surface area contributed by atoms with Crippen LogP contribution in [0.1, 0.15) is 64.2 Å². The molecular weight excluding hydrogens is 270 g/mol. The first-order valence-corrected chi connectivity index (χ1v) is 8.07. The summed E-state index contributed by atoms with van der Waals surface area (Å²) in [7, 11) is 0. The Morgan fingerprint density at radius 1 is 1.00 bits per heavy atom. The molecule has 2 aliphatic carbocycles. The molecule has 2 amide bonds. The number of nitrogens with zero attached hydrogens (tertiary/aromatic N) is 1. The van der Waals surface area contributed by atoms with Gasteiger partial charge in [0, 0.05) is 13.0 Å². The lowest BCUT2D eigenvalue weighted by molar-refractivity contribution is -0.153. The minimum absolute atomic E-state index is 0.0851. The summed E-state index contributed by atoms with van der Waals surface area (Å²) in [5, 5.41) is 9.55. The molecule has 1 heterocycles. The third-order valence-corrected chi connectivity index (χ3v) is 5.78. The summed E-state index contributed by atoms with van der Waals surface area (Å²) in [6, 6.07) is 0. The van der Waals surface area contributed by atoms with Gasteiger partial charge in [-0.2, -0.15) is 0 Å². The zero-order valence-electron chi connectivity index (χ0n) is 12.4. The lowest BCUT2D eigenvalue weighted by Crippen LogP contribution is -2.46. The minimum Gasteiger partial charge on any atom is -0.481 e. The average molecular weight is 293 g/mol. The molecule has 0 bridgehead atoms. The van der Waals surface area contributed by atoms with Crippen molar-refractivity contribution < 1.29 is 19.5 Å². The second-order valence-corrected chi connectivity index (χ2v) is 7.10. The third-order valence-electron chi connectivity index (χ3n) is 5.78. The van der Waals surface area contributed by atoms with Gasteiger partial charge in [-0.25, -0.2) is 0 Å². The smallest absolute Gasteiger partial charge is 0.311 e. The van der Waals surface area contributed by atoms with Crippen molar-refractivity contribution in [2.75, 3.05) is 6.54 Å². The van der Waals surface area contributed by atoms with E-state index >= 15 is 0 Å². The molecule has 5 heteroatoms. The van der Waals surface area contributed by atoms with Crippen LogP contribution in [0.15, 0.2) is 0 Å². The largest absolute Gasteiger partial charge is 0.481 e. The molecule has 0 aromatic carbocycles. The standard InChI is InChI=1S/C16H23NO4/c18-12-10-15(6-2-1-3-7-15)13(19)17(12)11-16(14(20)21)8-4-5-9-16/h1-11H2,(H,20,21). The Labute approximate surface area is 124 Å². The molecule has 1 spiro atoms. The summed E-state index contributed by atoms with van der Waals surface area (Å²) in [5.74, 6) is -1.11. The molecule has 1 saturated heterocycles. The fourth-order valence-corrected chi connectivity index (χ4v) is 4.43. The van der Waals surface area contributed by atoms with E-state index in [1.165, 1.54) is 4.90 Å². The highest BCUT2D eigenvalue weighted by Gasteiger charge is 2.54. The van der Waals surface area contributed by atoms with Crippen molar-refractivity contribution in [3.05, 3.63) is 0 Å². The molecule has 21 heavy (non-hydrogen) atoms.